The van der Waals surface area contributed by atoms with Crippen LogP contribution in [0, 0.1) is 22.7 Å². The first-order chi connectivity index (χ1) is 53.7. The number of hydrogen-bond donors (Lipinski definition) is 0. The average molecular weight is 1440 g/mol. The first-order valence-electron chi connectivity index (χ1n) is 35.8. The summed E-state index contributed by atoms with van der Waals surface area (Å²) in [6, 6.07) is 115. The Hall–Kier alpha value is -13.9. The second-order valence-corrected chi connectivity index (χ2v) is 27.4. The number of hydrogen-bond acceptors (Lipinski definition) is 14. The van der Waals surface area contributed by atoms with Crippen LogP contribution in [0.2, 0.25) is 5.02 Å². The number of halogens is 1. The molecule has 1 fully saturated rings. The highest BCUT2D eigenvalue weighted by atomic mass is 35.5. The average Bonchev–Trinajstić information content (AvgIpc) is 1.58. The minimum Gasteiger partial charge on any atom is -0.399 e. The number of nitrogens with zero attached hydrogens (tertiary/aromatic N) is 12. The molecule has 0 unspecified atom stereocenters. The van der Waals surface area contributed by atoms with Crippen molar-refractivity contribution in [1.82, 2.24) is 49.8 Å². The maximum atomic E-state index is 9.27. The van der Waals surface area contributed by atoms with Gasteiger partial charge in [-0.25, -0.2) is 49.8 Å². The molecule has 1 saturated heterocycles. The van der Waals surface area contributed by atoms with E-state index < -0.39 is 7.12 Å². The van der Waals surface area contributed by atoms with Gasteiger partial charge in [0.05, 0.1) is 57.2 Å². The highest BCUT2D eigenvalue weighted by Crippen LogP contribution is 2.38. The van der Waals surface area contributed by atoms with Crippen molar-refractivity contribution >= 4 is 24.2 Å². The van der Waals surface area contributed by atoms with E-state index in [4.69, 9.17) is 61.1 Å². The molecule has 0 atom stereocenters. The van der Waals surface area contributed by atoms with Crippen LogP contribution in [0.25, 0.3) is 147 Å². The molecule has 0 spiro atoms. The summed E-state index contributed by atoms with van der Waals surface area (Å²) in [5, 5.41) is 18.9. The van der Waals surface area contributed by atoms with Gasteiger partial charge in [0.2, 0.25) is 0 Å². The van der Waals surface area contributed by atoms with Crippen LogP contribution in [-0.4, -0.2) is 68.2 Å². The summed E-state index contributed by atoms with van der Waals surface area (Å²) in [5.74, 6) is 4.80. The molecule has 16 heteroatoms. The zero-order valence-electron chi connectivity index (χ0n) is 60.5. The molecule has 0 aliphatic carbocycles. The molecule has 17 rings (SSSR count). The molecule has 110 heavy (non-hydrogen) atoms. The molecule has 12 aromatic carbocycles. The van der Waals surface area contributed by atoms with Crippen LogP contribution in [0.5, 0.6) is 0 Å². The monoisotopic (exact) mass is 1440 g/mol. The quantitative estimate of drug-likeness (QED) is 0.0933. The van der Waals surface area contributed by atoms with E-state index in [0.29, 0.717) is 62.7 Å². The lowest BCUT2D eigenvalue weighted by molar-refractivity contribution is 0.00578. The Morgan fingerprint density at radius 2 is 0.491 bits per heavy atom. The normalized spacial score (nSPS) is 12.4. The van der Waals surface area contributed by atoms with Crippen molar-refractivity contribution in [2.45, 2.75) is 38.9 Å². The van der Waals surface area contributed by atoms with Gasteiger partial charge in [-0.05, 0) is 141 Å². The first kappa shape index (κ1) is 71.7. The number of nitriles is 2. The molecular weight excluding hydrogens is 1380 g/mol. The molecule has 1 aliphatic heterocycles. The van der Waals surface area contributed by atoms with Gasteiger partial charge < -0.3 is 9.31 Å². The summed E-state index contributed by atoms with van der Waals surface area (Å²) in [4.78, 5) is 48.2. The fourth-order valence-electron chi connectivity index (χ4n) is 12.3. The Balaban J connectivity index is 0.000000139. The van der Waals surface area contributed by atoms with Crippen molar-refractivity contribution in [1.29, 1.82) is 10.5 Å². The molecule has 5 heterocycles. The maximum absolute atomic E-state index is 9.27. The SMILES string of the molecule is CC1(C)OB(c2cccc(-c3cc(-c4ccccc4)nc(-c4ccccc4)n3)c2)OC1(C)C.N#Cc1ccc(-c2nc(-c3ccccc3)nc(-c3ccc(-c4cccc(-c5cc(-c6ccccc6)nc(-c6ccccc6)n5)c4)cc3)n2)cc1.N#Cc1ccc(-c2nc(-c3ccccc3)nc(-c3ccc(Cl)cc3)n2)cc1. The highest BCUT2D eigenvalue weighted by molar-refractivity contribution is 6.62. The van der Waals surface area contributed by atoms with Crippen molar-refractivity contribution in [3.8, 4) is 159 Å². The van der Waals surface area contributed by atoms with E-state index in [1.54, 1.807) is 24.3 Å². The molecule has 1 aliphatic rings. The smallest absolute Gasteiger partial charge is 0.399 e. The van der Waals surface area contributed by atoms with Crippen LogP contribution in [0.3, 0.4) is 0 Å². The highest BCUT2D eigenvalue weighted by Gasteiger charge is 2.51. The van der Waals surface area contributed by atoms with E-state index in [1.807, 2.05) is 237 Å². The van der Waals surface area contributed by atoms with Crippen LogP contribution in [0.15, 0.2) is 340 Å². The third-order valence-electron chi connectivity index (χ3n) is 19.0. The summed E-state index contributed by atoms with van der Waals surface area (Å²) in [6.07, 6.45) is 0. The molecule has 0 saturated carbocycles. The number of aromatic nitrogens is 10. The summed E-state index contributed by atoms with van der Waals surface area (Å²) in [5.41, 5.74) is 18.2. The Morgan fingerprint density at radius 1 is 0.245 bits per heavy atom. The Bertz CT molecular complexity index is 5850. The zero-order valence-corrected chi connectivity index (χ0v) is 61.2. The minimum atomic E-state index is -0.418. The van der Waals surface area contributed by atoms with Crippen LogP contribution in [0.1, 0.15) is 38.8 Å². The lowest BCUT2D eigenvalue weighted by Gasteiger charge is -2.32. The summed E-state index contributed by atoms with van der Waals surface area (Å²) >= 11 is 6.00. The molecule has 14 nitrogen and oxygen atoms in total. The van der Waals surface area contributed by atoms with Crippen LogP contribution in [0.4, 0.5) is 0 Å². The van der Waals surface area contributed by atoms with E-state index in [-0.39, 0.29) is 11.2 Å². The lowest BCUT2D eigenvalue weighted by Crippen LogP contribution is -2.41. The fourth-order valence-corrected chi connectivity index (χ4v) is 12.4. The molecule has 0 N–H and O–H groups in total. The van der Waals surface area contributed by atoms with Gasteiger partial charge in [0.15, 0.2) is 46.6 Å². The third kappa shape index (κ3) is 16.7. The Kier molecular flexibility index (Phi) is 21.1. The zero-order chi connectivity index (χ0) is 75.4. The summed E-state index contributed by atoms with van der Waals surface area (Å²) in [6.45, 7) is 8.28. The molecule has 4 aromatic heterocycles. The predicted octanol–water partition coefficient (Wildman–Crippen LogP) is 21.4. The van der Waals surface area contributed by atoms with Crippen molar-refractivity contribution < 1.29 is 9.31 Å². The standard InChI is InChI=1S/C44H28N6.C28H27BN2O2.C22H13ClN4/c45-29-30-19-21-35(22-20-30)43-48-42(34-15-8-3-9-16-34)49-44(50-43)36-25-23-31(24-26-36)37-17-10-18-38(27-37)40-28-39(32-11-4-1-5-12-32)46-41(47-40)33-13-6-2-7-14-33;1-27(2)28(3,4)33-29(32-27)23-17-11-16-22(18-23)25-19-24(20-12-7-5-8-13-20)30-26(31-25)21-14-9-6-10-15-21;23-19-12-10-18(11-13-19)22-26-20(16-4-2-1-3-5-16)25-21(27-22)17-8-6-15(14-24)7-9-17/h1-28H;5-19H,1-4H3;1-13H. The number of benzene rings is 12. The van der Waals surface area contributed by atoms with Gasteiger partial charge in [-0.15, -0.1) is 0 Å². The topological polar surface area (TPSA) is 195 Å². The van der Waals surface area contributed by atoms with Crippen molar-refractivity contribution in [2.24, 2.45) is 0 Å². The van der Waals surface area contributed by atoms with E-state index in [9.17, 15) is 5.26 Å². The van der Waals surface area contributed by atoms with Gasteiger partial charge in [0.25, 0.3) is 0 Å². The summed E-state index contributed by atoms with van der Waals surface area (Å²) in [7, 11) is -0.418. The van der Waals surface area contributed by atoms with Crippen LogP contribution < -0.4 is 5.46 Å². The van der Waals surface area contributed by atoms with Crippen molar-refractivity contribution in [2.75, 3.05) is 0 Å². The van der Waals surface area contributed by atoms with E-state index in [2.05, 4.69) is 134 Å². The number of rotatable bonds is 14. The molecule has 0 amide bonds. The van der Waals surface area contributed by atoms with Gasteiger partial charge >= 0.3 is 7.12 Å². The Morgan fingerprint density at radius 3 is 0.827 bits per heavy atom. The van der Waals surface area contributed by atoms with E-state index in [1.165, 1.54) is 0 Å². The van der Waals surface area contributed by atoms with Gasteiger partial charge in [-0.3, -0.25) is 0 Å². The maximum Gasteiger partial charge on any atom is 0.494 e. The second kappa shape index (κ2) is 32.4. The van der Waals surface area contributed by atoms with Crippen LogP contribution >= 0.6 is 11.6 Å². The van der Waals surface area contributed by atoms with Gasteiger partial charge in [0.1, 0.15) is 0 Å². The second-order valence-electron chi connectivity index (χ2n) is 27.0. The van der Waals surface area contributed by atoms with E-state index in [0.717, 1.165) is 106 Å². The summed E-state index contributed by atoms with van der Waals surface area (Å²) < 4.78 is 12.5. The molecule has 0 radical (unpaired) electrons. The Labute approximate surface area is 644 Å². The van der Waals surface area contributed by atoms with Crippen LogP contribution in [-0.2, 0) is 9.31 Å². The van der Waals surface area contributed by atoms with Gasteiger partial charge in [-0.2, -0.15) is 10.5 Å². The van der Waals surface area contributed by atoms with Crippen molar-refractivity contribution in [3.05, 3.63) is 356 Å². The fraction of sp³-hybridized carbons (Fsp3) is 0.0638. The van der Waals surface area contributed by atoms with Gasteiger partial charge in [0, 0.05) is 66.2 Å². The first-order valence-corrected chi connectivity index (χ1v) is 36.2. The molecule has 16 aromatic rings. The predicted molar refractivity (Wildman–Crippen MR) is 438 cm³/mol. The van der Waals surface area contributed by atoms with Gasteiger partial charge in [-0.1, -0.05) is 260 Å². The third-order valence-corrected chi connectivity index (χ3v) is 19.2. The lowest BCUT2D eigenvalue weighted by atomic mass is 9.78. The van der Waals surface area contributed by atoms with Crippen molar-refractivity contribution in [3.63, 3.8) is 0 Å². The van der Waals surface area contributed by atoms with E-state index >= 15 is 0 Å². The largest absolute Gasteiger partial charge is 0.494 e. The molecule has 0 bridgehead atoms. The molecular formula is C94H68BClN12O2. The minimum absolute atomic E-state index is 0.385. The molecule has 526 valence electrons.